The summed E-state index contributed by atoms with van der Waals surface area (Å²) in [5.41, 5.74) is 0.862. The van der Waals surface area contributed by atoms with Crippen LogP contribution >= 0.6 is 0 Å². The lowest BCUT2D eigenvalue weighted by atomic mass is 10.00. The van der Waals surface area contributed by atoms with Crippen LogP contribution in [0.15, 0.2) is 24.3 Å². The summed E-state index contributed by atoms with van der Waals surface area (Å²) >= 11 is 0. The van der Waals surface area contributed by atoms with Gasteiger partial charge in [0.15, 0.2) is 0 Å². The first-order valence-corrected chi connectivity index (χ1v) is 6.10. The van der Waals surface area contributed by atoms with Gasteiger partial charge < -0.3 is 15.2 Å². The molecule has 1 amide bonds. The Morgan fingerprint density at radius 3 is 2.32 bits per heavy atom. The van der Waals surface area contributed by atoms with Crippen LogP contribution in [0, 0.1) is 0 Å². The number of carboxylic acids is 1. The maximum Gasteiger partial charge on any atom is 0.305 e. The van der Waals surface area contributed by atoms with Gasteiger partial charge in [-0.3, -0.25) is 9.59 Å². The van der Waals surface area contributed by atoms with Gasteiger partial charge >= 0.3 is 5.97 Å². The van der Waals surface area contributed by atoms with Gasteiger partial charge in [0.05, 0.1) is 19.4 Å². The second-order valence-electron chi connectivity index (χ2n) is 4.50. The molecular formula is C14H19NO4. The van der Waals surface area contributed by atoms with Crippen molar-refractivity contribution in [1.82, 2.24) is 5.32 Å². The Labute approximate surface area is 112 Å². The molecule has 1 aromatic carbocycles. The molecule has 0 aliphatic carbocycles. The molecule has 0 aliphatic heterocycles. The lowest BCUT2D eigenvalue weighted by molar-refractivity contribution is -0.137. The molecule has 0 fully saturated rings. The molecule has 1 rings (SSSR count). The van der Waals surface area contributed by atoms with Crippen LogP contribution in [-0.2, 0) is 9.59 Å². The van der Waals surface area contributed by atoms with Gasteiger partial charge in [-0.25, -0.2) is 0 Å². The molecule has 0 radical (unpaired) electrons. The van der Waals surface area contributed by atoms with E-state index >= 15 is 0 Å². The smallest absolute Gasteiger partial charge is 0.305 e. The Morgan fingerprint density at radius 1 is 1.26 bits per heavy atom. The van der Waals surface area contributed by atoms with Gasteiger partial charge in [0, 0.05) is 6.04 Å². The molecule has 2 unspecified atom stereocenters. The Morgan fingerprint density at radius 2 is 1.84 bits per heavy atom. The minimum absolute atomic E-state index is 0.0823. The normalized spacial score (nSPS) is 13.4. The van der Waals surface area contributed by atoms with Crippen molar-refractivity contribution in [3.05, 3.63) is 29.8 Å². The zero-order chi connectivity index (χ0) is 14.4. The van der Waals surface area contributed by atoms with E-state index in [2.05, 4.69) is 5.32 Å². The molecule has 0 heterocycles. The molecule has 0 saturated heterocycles. The van der Waals surface area contributed by atoms with Gasteiger partial charge in [0.25, 0.3) is 0 Å². The van der Waals surface area contributed by atoms with Crippen LogP contribution in [0.2, 0.25) is 0 Å². The van der Waals surface area contributed by atoms with Crippen LogP contribution < -0.4 is 10.1 Å². The second-order valence-corrected chi connectivity index (χ2v) is 4.50. The third-order valence-corrected chi connectivity index (χ3v) is 2.88. The average molecular weight is 265 g/mol. The largest absolute Gasteiger partial charge is 0.497 e. The van der Waals surface area contributed by atoms with E-state index in [1.165, 1.54) is 0 Å². The molecule has 5 heteroatoms. The van der Waals surface area contributed by atoms with E-state index in [1.54, 1.807) is 33.1 Å². The van der Waals surface area contributed by atoms with E-state index in [0.717, 1.165) is 11.3 Å². The first-order valence-electron chi connectivity index (χ1n) is 6.10. The summed E-state index contributed by atoms with van der Waals surface area (Å²) in [6.07, 6.45) is -0.0823. The van der Waals surface area contributed by atoms with Crippen LogP contribution in [0.5, 0.6) is 5.75 Å². The fourth-order valence-corrected chi connectivity index (χ4v) is 1.72. The number of methoxy groups -OCH3 is 1. The number of nitrogens with one attached hydrogen (secondary N) is 1. The number of rotatable bonds is 6. The summed E-state index contributed by atoms with van der Waals surface area (Å²) in [6.45, 7) is 3.46. The van der Waals surface area contributed by atoms with Crippen LogP contribution in [0.3, 0.4) is 0 Å². The van der Waals surface area contributed by atoms with E-state index in [1.807, 2.05) is 12.1 Å². The predicted molar refractivity (Wildman–Crippen MR) is 71.3 cm³/mol. The molecule has 2 N–H and O–H groups in total. The highest BCUT2D eigenvalue weighted by Gasteiger charge is 2.18. The van der Waals surface area contributed by atoms with Crippen molar-refractivity contribution < 1.29 is 19.4 Å². The van der Waals surface area contributed by atoms with Gasteiger partial charge in [0.2, 0.25) is 5.91 Å². The van der Waals surface area contributed by atoms with Crippen LogP contribution in [0.25, 0.3) is 0 Å². The monoisotopic (exact) mass is 265 g/mol. The fourth-order valence-electron chi connectivity index (χ4n) is 1.72. The maximum absolute atomic E-state index is 12.0. The number of carboxylic acid groups (broad SMARTS) is 1. The molecule has 0 saturated carbocycles. The molecule has 2 atom stereocenters. The number of hydrogen-bond acceptors (Lipinski definition) is 3. The topological polar surface area (TPSA) is 75.6 Å². The van der Waals surface area contributed by atoms with Crippen molar-refractivity contribution in [3.8, 4) is 5.75 Å². The zero-order valence-corrected chi connectivity index (χ0v) is 11.3. The van der Waals surface area contributed by atoms with Gasteiger partial charge in [-0.05, 0) is 31.5 Å². The third kappa shape index (κ3) is 4.62. The summed E-state index contributed by atoms with van der Waals surface area (Å²) in [4.78, 5) is 22.5. The van der Waals surface area contributed by atoms with Crippen molar-refractivity contribution in [2.45, 2.75) is 32.2 Å². The van der Waals surface area contributed by atoms with E-state index in [9.17, 15) is 9.59 Å². The Kier molecular flexibility index (Phi) is 5.36. The molecule has 1 aromatic rings. The number of aliphatic carboxylic acids is 1. The van der Waals surface area contributed by atoms with E-state index in [0.29, 0.717) is 0 Å². The van der Waals surface area contributed by atoms with Crippen molar-refractivity contribution >= 4 is 11.9 Å². The van der Waals surface area contributed by atoms with Crippen molar-refractivity contribution in [2.75, 3.05) is 7.11 Å². The summed E-state index contributed by atoms with van der Waals surface area (Å²) in [5.74, 6) is -0.707. The van der Waals surface area contributed by atoms with Crippen LogP contribution in [0.1, 0.15) is 31.7 Å². The summed E-state index contributed by atoms with van der Waals surface area (Å²) in [6, 6.07) is 6.85. The van der Waals surface area contributed by atoms with E-state index in [4.69, 9.17) is 9.84 Å². The highest BCUT2D eigenvalue weighted by molar-refractivity contribution is 5.84. The van der Waals surface area contributed by atoms with Crippen molar-refractivity contribution in [2.24, 2.45) is 0 Å². The van der Waals surface area contributed by atoms with E-state index < -0.39 is 5.97 Å². The number of hydrogen-bond donors (Lipinski definition) is 2. The molecule has 0 bridgehead atoms. The first-order chi connectivity index (χ1) is 8.93. The summed E-state index contributed by atoms with van der Waals surface area (Å²) < 4.78 is 5.05. The Balaban J connectivity index is 2.62. The predicted octanol–water partition coefficient (Wildman–Crippen LogP) is 1.78. The van der Waals surface area contributed by atoms with E-state index in [-0.39, 0.29) is 24.3 Å². The highest BCUT2D eigenvalue weighted by atomic mass is 16.5. The fraction of sp³-hybridized carbons (Fsp3) is 0.429. The Hall–Kier alpha value is -2.04. The minimum Gasteiger partial charge on any atom is -0.497 e. The van der Waals surface area contributed by atoms with Crippen LogP contribution in [-0.4, -0.2) is 30.1 Å². The molecule has 19 heavy (non-hydrogen) atoms. The van der Waals surface area contributed by atoms with Crippen LogP contribution in [0.4, 0.5) is 0 Å². The third-order valence-electron chi connectivity index (χ3n) is 2.88. The number of benzene rings is 1. The standard InChI is InChI=1S/C14H19NO4/c1-9(8-13(16)17)15-14(18)10(2)11-4-6-12(19-3)7-5-11/h4-7,9-10H,8H2,1-3H3,(H,15,18)(H,16,17). The SMILES string of the molecule is COc1ccc(C(C)C(=O)NC(C)CC(=O)O)cc1. The van der Waals surface area contributed by atoms with Crippen molar-refractivity contribution in [3.63, 3.8) is 0 Å². The molecule has 0 aromatic heterocycles. The molecule has 0 spiro atoms. The van der Waals surface area contributed by atoms with Gasteiger partial charge in [-0.15, -0.1) is 0 Å². The maximum atomic E-state index is 12.0. The van der Waals surface area contributed by atoms with Gasteiger partial charge in [-0.1, -0.05) is 12.1 Å². The quantitative estimate of drug-likeness (QED) is 0.822. The summed E-state index contributed by atoms with van der Waals surface area (Å²) in [5, 5.41) is 11.3. The van der Waals surface area contributed by atoms with Gasteiger partial charge in [0.1, 0.15) is 5.75 Å². The molecule has 5 nitrogen and oxygen atoms in total. The number of amides is 1. The number of carbonyl (C=O) groups excluding carboxylic acids is 1. The number of ether oxygens (including phenoxy) is 1. The zero-order valence-electron chi connectivity index (χ0n) is 11.3. The Bertz CT molecular complexity index is 441. The first kappa shape index (κ1) is 15.0. The van der Waals surface area contributed by atoms with Crippen molar-refractivity contribution in [1.29, 1.82) is 0 Å². The second kappa shape index (κ2) is 6.78. The lowest BCUT2D eigenvalue weighted by Gasteiger charge is -2.16. The minimum atomic E-state index is -0.926. The number of carbonyl (C=O) groups is 2. The lowest BCUT2D eigenvalue weighted by Crippen LogP contribution is -2.36. The molecular weight excluding hydrogens is 246 g/mol. The molecule has 104 valence electrons. The average Bonchev–Trinajstić information content (AvgIpc) is 2.36. The summed E-state index contributed by atoms with van der Waals surface area (Å²) in [7, 11) is 1.58. The highest BCUT2D eigenvalue weighted by Crippen LogP contribution is 2.19. The van der Waals surface area contributed by atoms with Gasteiger partial charge in [-0.2, -0.15) is 0 Å². The molecule has 0 aliphatic rings.